The number of aromatic nitrogens is 3. The molecule has 0 radical (unpaired) electrons. The summed E-state index contributed by atoms with van der Waals surface area (Å²) in [5, 5.41) is 0. The van der Waals surface area contributed by atoms with Crippen LogP contribution in [0.5, 0.6) is 0 Å². The number of nitrogens with one attached hydrogen (secondary N) is 1. The molecule has 0 amide bonds. The summed E-state index contributed by atoms with van der Waals surface area (Å²) in [4.78, 5) is 25.3. The number of nitrogens with zero attached hydrogens (tertiary/aromatic N) is 3. The predicted octanol–water partition coefficient (Wildman–Crippen LogP) is 2.62. The van der Waals surface area contributed by atoms with E-state index >= 15 is 0 Å². The van der Waals surface area contributed by atoms with E-state index in [0.29, 0.717) is 37.5 Å². The fourth-order valence-corrected chi connectivity index (χ4v) is 3.14. The number of fused-ring (bicyclic) bond motifs is 1. The van der Waals surface area contributed by atoms with Crippen molar-refractivity contribution < 1.29 is 13.2 Å². The highest BCUT2D eigenvalue weighted by atomic mass is 19.4. The summed E-state index contributed by atoms with van der Waals surface area (Å²) in [7, 11) is 0. The van der Waals surface area contributed by atoms with Crippen molar-refractivity contribution in [2.75, 3.05) is 6.54 Å². The second-order valence-electron chi connectivity index (χ2n) is 6.66. The van der Waals surface area contributed by atoms with Crippen molar-refractivity contribution in [3.63, 3.8) is 0 Å². The van der Waals surface area contributed by atoms with Crippen molar-refractivity contribution in [1.29, 1.82) is 0 Å². The van der Waals surface area contributed by atoms with Crippen molar-refractivity contribution in [3.8, 4) is 0 Å². The maximum atomic E-state index is 12.6. The van der Waals surface area contributed by atoms with Crippen LogP contribution in [0.3, 0.4) is 0 Å². The van der Waals surface area contributed by atoms with Crippen molar-refractivity contribution in [1.82, 2.24) is 19.9 Å². The summed E-state index contributed by atoms with van der Waals surface area (Å²) in [5.41, 5.74) is 1.29. The first-order valence-corrected chi connectivity index (χ1v) is 8.26. The molecule has 4 rings (SSSR count). The molecular weight excluding hydrogens is 333 g/mol. The lowest BCUT2D eigenvalue weighted by molar-refractivity contribution is -0.141. The fraction of sp³-hybridized carbons (Fsp3) is 0.471. The van der Waals surface area contributed by atoms with Crippen molar-refractivity contribution >= 4 is 0 Å². The SMILES string of the molecule is O=c1[nH]c(C2CC2)nc2c1CCN(Cc1ccc(C(F)(F)F)nc1)C2. The Balaban J connectivity index is 1.50. The van der Waals surface area contributed by atoms with E-state index in [1.165, 1.54) is 12.3 Å². The van der Waals surface area contributed by atoms with Crippen molar-refractivity contribution in [3.05, 3.63) is 57.0 Å². The molecule has 1 aliphatic heterocycles. The molecule has 0 spiro atoms. The Kier molecular flexibility index (Phi) is 3.87. The minimum atomic E-state index is -4.42. The molecule has 1 N–H and O–H groups in total. The zero-order valence-corrected chi connectivity index (χ0v) is 13.4. The van der Waals surface area contributed by atoms with Crippen LogP contribution in [0.4, 0.5) is 13.2 Å². The number of hydrogen-bond donors (Lipinski definition) is 1. The lowest BCUT2D eigenvalue weighted by Gasteiger charge is -2.27. The Labute approximate surface area is 141 Å². The van der Waals surface area contributed by atoms with Gasteiger partial charge in [0.05, 0.1) is 5.69 Å². The van der Waals surface area contributed by atoms with Crippen LogP contribution in [-0.2, 0) is 25.7 Å². The van der Waals surface area contributed by atoms with E-state index in [9.17, 15) is 18.0 Å². The number of alkyl halides is 3. The number of pyridine rings is 1. The molecule has 132 valence electrons. The molecule has 2 aromatic heterocycles. The summed E-state index contributed by atoms with van der Waals surface area (Å²) in [6.07, 6.45) is -0.450. The molecule has 0 bridgehead atoms. The van der Waals surface area contributed by atoms with E-state index in [4.69, 9.17) is 0 Å². The molecule has 3 heterocycles. The molecular formula is C17H17F3N4O. The maximum absolute atomic E-state index is 12.6. The highest BCUT2D eigenvalue weighted by Gasteiger charge is 2.32. The summed E-state index contributed by atoms with van der Waals surface area (Å²) in [6, 6.07) is 2.45. The standard InChI is InChI=1S/C17H17F3N4O/c18-17(19,20)14-4-1-10(7-21-14)8-24-6-5-12-13(9-24)22-15(11-2-3-11)23-16(12)25/h1,4,7,11H,2-3,5-6,8-9H2,(H,22,23,25). The normalized spacial score (nSPS) is 18.2. The van der Waals surface area contributed by atoms with E-state index in [0.717, 1.165) is 36.0 Å². The fourth-order valence-electron chi connectivity index (χ4n) is 3.14. The van der Waals surface area contributed by atoms with Gasteiger partial charge >= 0.3 is 6.18 Å². The monoisotopic (exact) mass is 350 g/mol. The molecule has 1 aliphatic carbocycles. The summed E-state index contributed by atoms with van der Waals surface area (Å²) >= 11 is 0. The number of hydrogen-bond acceptors (Lipinski definition) is 4. The van der Waals surface area contributed by atoms with Crippen molar-refractivity contribution in [2.45, 2.75) is 44.4 Å². The van der Waals surface area contributed by atoms with Gasteiger partial charge < -0.3 is 4.98 Å². The second-order valence-corrected chi connectivity index (χ2v) is 6.66. The number of halogens is 3. The maximum Gasteiger partial charge on any atom is 0.433 e. The summed E-state index contributed by atoms with van der Waals surface area (Å²) < 4.78 is 37.7. The van der Waals surface area contributed by atoms with Gasteiger partial charge in [0.1, 0.15) is 11.5 Å². The molecule has 25 heavy (non-hydrogen) atoms. The van der Waals surface area contributed by atoms with Crippen LogP contribution in [0, 0.1) is 0 Å². The highest BCUT2D eigenvalue weighted by molar-refractivity contribution is 5.23. The minimum absolute atomic E-state index is 0.0530. The molecule has 2 aromatic rings. The first-order chi connectivity index (χ1) is 11.9. The summed E-state index contributed by atoms with van der Waals surface area (Å²) in [6.45, 7) is 1.68. The van der Waals surface area contributed by atoms with Gasteiger partial charge in [0.25, 0.3) is 5.56 Å². The molecule has 1 fully saturated rings. The van der Waals surface area contributed by atoms with E-state index in [1.807, 2.05) is 0 Å². The molecule has 0 unspecified atom stereocenters. The summed E-state index contributed by atoms with van der Waals surface area (Å²) in [5.74, 6) is 1.13. The van der Waals surface area contributed by atoms with E-state index < -0.39 is 11.9 Å². The number of rotatable bonds is 3. The number of aromatic amines is 1. The molecule has 5 nitrogen and oxygen atoms in total. The third-order valence-electron chi connectivity index (χ3n) is 4.66. The Hall–Kier alpha value is -2.22. The smallest absolute Gasteiger partial charge is 0.310 e. The van der Waals surface area contributed by atoms with Gasteiger partial charge in [-0.2, -0.15) is 13.2 Å². The molecule has 2 aliphatic rings. The third kappa shape index (κ3) is 3.44. The Morgan fingerprint density at radius 2 is 2.08 bits per heavy atom. The van der Waals surface area contributed by atoms with Crippen LogP contribution in [0.1, 0.15) is 47.1 Å². The van der Waals surface area contributed by atoms with Crippen LogP contribution in [0.25, 0.3) is 0 Å². The zero-order chi connectivity index (χ0) is 17.6. The third-order valence-corrected chi connectivity index (χ3v) is 4.66. The van der Waals surface area contributed by atoms with Gasteiger partial charge in [-0.15, -0.1) is 0 Å². The van der Waals surface area contributed by atoms with Gasteiger partial charge in [-0.25, -0.2) is 4.98 Å². The van der Waals surface area contributed by atoms with Crippen LogP contribution in [0.2, 0.25) is 0 Å². The first-order valence-electron chi connectivity index (χ1n) is 8.26. The van der Waals surface area contributed by atoms with Crippen LogP contribution < -0.4 is 5.56 Å². The number of H-pyrrole nitrogens is 1. The molecule has 8 heteroatoms. The van der Waals surface area contributed by atoms with Gasteiger partial charge in [-0.1, -0.05) is 6.07 Å². The average Bonchev–Trinajstić information content (AvgIpc) is 3.39. The first kappa shape index (κ1) is 16.3. The van der Waals surface area contributed by atoms with Crippen LogP contribution in [-0.4, -0.2) is 26.4 Å². The average molecular weight is 350 g/mol. The molecule has 0 saturated heterocycles. The lowest BCUT2D eigenvalue weighted by Crippen LogP contribution is -2.35. The van der Waals surface area contributed by atoms with Gasteiger partial charge in [-0.05, 0) is 30.9 Å². The van der Waals surface area contributed by atoms with E-state index in [2.05, 4.69) is 19.9 Å². The lowest BCUT2D eigenvalue weighted by atomic mass is 10.1. The van der Waals surface area contributed by atoms with E-state index in [1.54, 1.807) is 0 Å². The topological polar surface area (TPSA) is 61.9 Å². The van der Waals surface area contributed by atoms with Gasteiger partial charge in [0.2, 0.25) is 0 Å². The second kappa shape index (κ2) is 5.94. The molecule has 1 saturated carbocycles. The minimum Gasteiger partial charge on any atom is -0.310 e. The molecule has 0 atom stereocenters. The zero-order valence-electron chi connectivity index (χ0n) is 13.4. The highest BCUT2D eigenvalue weighted by Crippen LogP contribution is 2.37. The Morgan fingerprint density at radius 1 is 1.28 bits per heavy atom. The quantitative estimate of drug-likeness (QED) is 0.924. The Bertz CT molecular complexity index is 840. The van der Waals surface area contributed by atoms with E-state index in [-0.39, 0.29) is 5.56 Å². The molecule has 0 aromatic carbocycles. The largest absolute Gasteiger partial charge is 0.433 e. The van der Waals surface area contributed by atoms with Gasteiger partial charge in [0, 0.05) is 37.3 Å². The van der Waals surface area contributed by atoms with Gasteiger partial charge in [0.15, 0.2) is 0 Å². The van der Waals surface area contributed by atoms with Crippen LogP contribution in [0.15, 0.2) is 23.1 Å². The van der Waals surface area contributed by atoms with Gasteiger partial charge in [-0.3, -0.25) is 14.7 Å². The van der Waals surface area contributed by atoms with Crippen molar-refractivity contribution in [2.24, 2.45) is 0 Å². The predicted molar refractivity (Wildman–Crippen MR) is 83.9 cm³/mol. The Morgan fingerprint density at radius 3 is 2.72 bits per heavy atom. The van der Waals surface area contributed by atoms with Crippen LogP contribution >= 0.6 is 0 Å².